The van der Waals surface area contributed by atoms with E-state index in [1.54, 1.807) is 6.07 Å². The van der Waals surface area contributed by atoms with Crippen molar-refractivity contribution in [2.45, 2.75) is 22.7 Å². The Bertz CT molecular complexity index is 473. The number of primary sulfonamides is 1. The molecule has 1 fully saturated rings. The number of ether oxygens (including phenoxy) is 1. The van der Waals surface area contributed by atoms with E-state index in [4.69, 9.17) is 9.88 Å². The van der Waals surface area contributed by atoms with Crippen LogP contribution in [0.5, 0.6) is 0 Å². The van der Waals surface area contributed by atoms with Crippen LogP contribution in [0.1, 0.15) is 17.7 Å². The lowest BCUT2D eigenvalue weighted by atomic mass is 9.93. The van der Waals surface area contributed by atoms with Crippen molar-refractivity contribution in [1.82, 2.24) is 0 Å². The Kier molecular flexibility index (Phi) is 3.06. The number of aliphatic hydroxyl groups is 1. The molecule has 0 saturated carbocycles. The van der Waals surface area contributed by atoms with Crippen LogP contribution in [0.3, 0.4) is 0 Å². The first-order valence-electron chi connectivity index (χ1n) is 4.85. The molecule has 0 aromatic carbocycles. The van der Waals surface area contributed by atoms with Crippen LogP contribution in [-0.4, -0.2) is 26.7 Å². The molecular formula is C9H13NO4S2. The van der Waals surface area contributed by atoms with Gasteiger partial charge >= 0.3 is 0 Å². The summed E-state index contributed by atoms with van der Waals surface area (Å²) in [6, 6.07) is 3.05. The van der Waals surface area contributed by atoms with Gasteiger partial charge in [-0.3, -0.25) is 0 Å². The lowest BCUT2D eigenvalue weighted by Crippen LogP contribution is -2.32. The normalized spacial score (nSPS) is 20.9. The molecule has 0 bridgehead atoms. The Balaban J connectivity index is 2.31. The number of sulfonamides is 1. The predicted molar refractivity (Wildman–Crippen MR) is 59.6 cm³/mol. The van der Waals surface area contributed by atoms with Gasteiger partial charge in [-0.15, -0.1) is 11.3 Å². The number of nitrogens with two attached hydrogens (primary N) is 1. The SMILES string of the molecule is NS(=O)(=O)c1ccc(C2(O)CCOCC2)s1. The van der Waals surface area contributed by atoms with Gasteiger partial charge in [-0.25, -0.2) is 13.6 Å². The number of rotatable bonds is 2. The van der Waals surface area contributed by atoms with E-state index >= 15 is 0 Å². The Morgan fingerprint density at radius 1 is 1.38 bits per heavy atom. The highest BCUT2D eigenvalue weighted by Crippen LogP contribution is 2.37. The summed E-state index contributed by atoms with van der Waals surface area (Å²) < 4.78 is 27.5. The zero-order valence-electron chi connectivity index (χ0n) is 8.55. The first-order chi connectivity index (χ1) is 7.42. The summed E-state index contributed by atoms with van der Waals surface area (Å²) in [5, 5.41) is 15.3. The maximum Gasteiger partial charge on any atom is 0.247 e. The summed E-state index contributed by atoms with van der Waals surface area (Å²) in [7, 11) is -3.67. The van der Waals surface area contributed by atoms with Crippen molar-refractivity contribution in [2.24, 2.45) is 5.14 Å². The molecule has 2 heterocycles. The second-order valence-corrected chi connectivity index (χ2v) is 6.68. The molecule has 1 saturated heterocycles. The highest BCUT2D eigenvalue weighted by atomic mass is 32.2. The van der Waals surface area contributed by atoms with Gasteiger partial charge < -0.3 is 9.84 Å². The van der Waals surface area contributed by atoms with E-state index in [1.807, 2.05) is 0 Å². The molecule has 0 radical (unpaired) electrons. The van der Waals surface area contributed by atoms with Gasteiger partial charge in [0.2, 0.25) is 10.0 Å². The molecule has 7 heteroatoms. The fourth-order valence-electron chi connectivity index (χ4n) is 1.68. The quantitative estimate of drug-likeness (QED) is 0.808. The highest BCUT2D eigenvalue weighted by molar-refractivity contribution is 7.91. The van der Waals surface area contributed by atoms with Gasteiger partial charge in [-0.1, -0.05) is 0 Å². The van der Waals surface area contributed by atoms with Gasteiger partial charge in [0.25, 0.3) is 0 Å². The number of hydrogen-bond donors (Lipinski definition) is 2. The molecule has 1 aliphatic rings. The highest BCUT2D eigenvalue weighted by Gasteiger charge is 2.33. The van der Waals surface area contributed by atoms with Crippen LogP contribution in [0.4, 0.5) is 0 Å². The van der Waals surface area contributed by atoms with Crippen LogP contribution in [0.25, 0.3) is 0 Å². The van der Waals surface area contributed by atoms with Crippen LogP contribution in [0.2, 0.25) is 0 Å². The molecule has 2 rings (SSSR count). The summed E-state index contributed by atoms with van der Waals surface area (Å²) in [5.41, 5.74) is -0.966. The molecule has 0 unspecified atom stereocenters. The van der Waals surface area contributed by atoms with Crippen LogP contribution < -0.4 is 5.14 Å². The molecule has 0 spiro atoms. The summed E-state index contributed by atoms with van der Waals surface area (Å²) in [6.45, 7) is 0.970. The van der Waals surface area contributed by atoms with Gasteiger partial charge in [0.1, 0.15) is 9.81 Å². The molecule has 1 aromatic rings. The van der Waals surface area contributed by atoms with Crippen molar-refractivity contribution in [3.8, 4) is 0 Å². The lowest BCUT2D eigenvalue weighted by Gasteiger charge is -2.30. The minimum Gasteiger partial charge on any atom is -0.384 e. The van der Waals surface area contributed by atoms with Crippen molar-refractivity contribution >= 4 is 21.4 Å². The molecule has 16 heavy (non-hydrogen) atoms. The minimum absolute atomic E-state index is 0.0856. The van der Waals surface area contributed by atoms with E-state index in [0.717, 1.165) is 11.3 Å². The van der Waals surface area contributed by atoms with Gasteiger partial charge in [0.05, 0.1) is 0 Å². The van der Waals surface area contributed by atoms with Crippen LogP contribution in [0.15, 0.2) is 16.3 Å². The standard InChI is InChI=1S/C9H13NO4S2/c10-16(12,13)8-2-1-7(15-8)9(11)3-5-14-6-4-9/h1-2,11H,3-6H2,(H2,10,12,13). The van der Waals surface area contributed by atoms with Crippen LogP contribution in [-0.2, 0) is 20.4 Å². The van der Waals surface area contributed by atoms with Crippen molar-refractivity contribution in [3.63, 3.8) is 0 Å². The average molecular weight is 263 g/mol. The third-order valence-electron chi connectivity index (χ3n) is 2.64. The molecule has 5 nitrogen and oxygen atoms in total. The smallest absolute Gasteiger partial charge is 0.247 e. The third kappa shape index (κ3) is 2.28. The van der Waals surface area contributed by atoms with Crippen LogP contribution in [0, 0.1) is 0 Å². The Labute approximate surface area is 97.9 Å². The molecule has 0 aliphatic carbocycles. The largest absolute Gasteiger partial charge is 0.384 e. The van der Waals surface area contributed by atoms with E-state index in [9.17, 15) is 13.5 Å². The molecule has 3 N–H and O–H groups in total. The number of hydrogen-bond acceptors (Lipinski definition) is 5. The van der Waals surface area contributed by atoms with Gasteiger partial charge in [-0.05, 0) is 12.1 Å². The average Bonchev–Trinajstić information content (AvgIpc) is 2.67. The van der Waals surface area contributed by atoms with Gasteiger partial charge in [-0.2, -0.15) is 0 Å². The molecule has 0 atom stereocenters. The van der Waals surface area contributed by atoms with E-state index in [1.165, 1.54) is 6.07 Å². The molecule has 1 aliphatic heterocycles. The summed E-state index contributed by atoms with van der Waals surface area (Å²) in [5.74, 6) is 0. The van der Waals surface area contributed by atoms with Crippen molar-refractivity contribution in [2.75, 3.05) is 13.2 Å². The van der Waals surface area contributed by atoms with E-state index in [2.05, 4.69) is 0 Å². The Morgan fingerprint density at radius 2 is 2.00 bits per heavy atom. The monoisotopic (exact) mass is 263 g/mol. The zero-order chi connectivity index (χ0) is 11.8. The second kappa shape index (κ2) is 4.08. The first kappa shape index (κ1) is 12.0. The fourth-order valence-corrected chi connectivity index (χ4v) is 3.55. The second-order valence-electron chi connectivity index (χ2n) is 3.81. The molecule has 1 aromatic heterocycles. The summed E-state index contributed by atoms with van der Waals surface area (Å²) in [6.07, 6.45) is 0.967. The maximum absolute atomic E-state index is 11.1. The minimum atomic E-state index is -3.67. The van der Waals surface area contributed by atoms with Crippen LogP contribution >= 0.6 is 11.3 Å². The lowest BCUT2D eigenvalue weighted by molar-refractivity contribution is -0.0656. The van der Waals surface area contributed by atoms with Crippen molar-refractivity contribution < 1.29 is 18.3 Å². The topological polar surface area (TPSA) is 89.6 Å². The zero-order valence-corrected chi connectivity index (χ0v) is 10.2. The third-order valence-corrected chi connectivity index (χ3v) is 5.36. The van der Waals surface area contributed by atoms with E-state index < -0.39 is 15.6 Å². The Hall–Kier alpha value is -0.470. The maximum atomic E-state index is 11.1. The molecule has 90 valence electrons. The predicted octanol–water partition coefficient (Wildman–Crippen LogP) is 0.393. The van der Waals surface area contributed by atoms with Gasteiger partial charge in [0, 0.05) is 30.9 Å². The van der Waals surface area contributed by atoms with E-state index in [-0.39, 0.29) is 4.21 Å². The van der Waals surface area contributed by atoms with Crippen molar-refractivity contribution in [1.29, 1.82) is 0 Å². The van der Waals surface area contributed by atoms with E-state index in [0.29, 0.717) is 30.9 Å². The Morgan fingerprint density at radius 3 is 2.50 bits per heavy atom. The summed E-state index contributed by atoms with van der Waals surface area (Å²) >= 11 is 1.03. The van der Waals surface area contributed by atoms with Crippen molar-refractivity contribution in [3.05, 3.63) is 17.0 Å². The number of thiophene rings is 1. The molecule has 0 amide bonds. The fraction of sp³-hybridized carbons (Fsp3) is 0.556. The summed E-state index contributed by atoms with van der Waals surface area (Å²) in [4.78, 5) is 0.639. The van der Waals surface area contributed by atoms with Gasteiger partial charge in [0.15, 0.2) is 0 Å². The molecular weight excluding hydrogens is 250 g/mol. The first-order valence-corrected chi connectivity index (χ1v) is 7.21.